The average Bonchev–Trinajstić information content (AvgIpc) is 2.94. The third kappa shape index (κ3) is 2.43. The number of nitrogens with two attached hydrogens (primary N) is 1. The number of hydrogen-bond acceptors (Lipinski definition) is 5. The number of nitrogen functional groups attached to an aromatic ring is 1. The summed E-state index contributed by atoms with van der Waals surface area (Å²) < 4.78 is 15.7. The van der Waals surface area contributed by atoms with Gasteiger partial charge in [-0.25, -0.2) is 0 Å². The molecule has 6 heteroatoms. The SMILES string of the molecule is COc1c(N)cccc1C(=O)Nc1ccc2c(c1)OCO2. The standard InChI is InChI=1S/C15H14N2O4/c1-19-14-10(3-2-4-11(14)16)15(18)17-9-5-6-12-13(7-9)21-8-20-12/h2-7H,8,16H2,1H3,(H,17,18). The van der Waals surface area contributed by atoms with Crippen LogP contribution in [0.25, 0.3) is 0 Å². The first-order valence-corrected chi connectivity index (χ1v) is 6.32. The van der Waals surface area contributed by atoms with E-state index in [9.17, 15) is 4.79 Å². The number of carbonyl (C=O) groups is 1. The number of hydrogen-bond donors (Lipinski definition) is 2. The van der Waals surface area contributed by atoms with Crippen LogP contribution in [0.4, 0.5) is 11.4 Å². The van der Waals surface area contributed by atoms with Gasteiger partial charge in [0.2, 0.25) is 6.79 Å². The minimum atomic E-state index is -0.307. The molecule has 0 atom stereocenters. The number of amides is 1. The Balaban J connectivity index is 1.85. The summed E-state index contributed by atoms with van der Waals surface area (Å²) in [6.07, 6.45) is 0. The normalized spacial score (nSPS) is 12.0. The molecule has 1 amide bonds. The van der Waals surface area contributed by atoms with Gasteiger partial charge < -0.3 is 25.3 Å². The van der Waals surface area contributed by atoms with E-state index >= 15 is 0 Å². The van der Waals surface area contributed by atoms with E-state index in [0.717, 1.165) is 0 Å². The fraction of sp³-hybridized carbons (Fsp3) is 0.133. The highest BCUT2D eigenvalue weighted by Crippen LogP contribution is 2.34. The first-order chi connectivity index (χ1) is 10.2. The van der Waals surface area contributed by atoms with E-state index < -0.39 is 0 Å². The van der Waals surface area contributed by atoms with Gasteiger partial charge in [0, 0.05) is 11.8 Å². The molecular weight excluding hydrogens is 272 g/mol. The van der Waals surface area contributed by atoms with Gasteiger partial charge in [-0.3, -0.25) is 4.79 Å². The first-order valence-electron chi connectivity index (χ1n) is 6.32. The van der Waals surface area contributed by atoms with Crippen LogP contribution in [-0.4, -0.2) is 19.8 Å². The lowest BCUT2D eigenvalue weighted by Crippen LogP contribution is -2.13. The zero-order valence-electron chi connectivity index (χ0n) is 11.4. The summed E-state index contributed by atoms with van der Waals surface area (Å²) in [5.41, 5.74) is 7.18. The van der Waals surface area contributed by atoms with Crippen molar-refractivity contribution in [2.24, 2.45) is 0 Å². The third-order valence-corrected chi connectivity index (χ3v) is 3.12. The van der Waals surface area contributed by atoms with Crippen LogP contribution in [-0.2, 0) is 0 Å². The summed E-state index contributed by atoms with van der Waals surface area (Å²) in [6, 6.07) is 10.2. The number of rotatable bonds is 3. The number of nitrogens with one attached hydrogen (secondary N) is 1. The number of anilines is 2. The molecule has 1 aliphatic rings. The molecule has 0 bridgehead atoms. The van der Waals surface area contributed by atoms with Crippen LogP contribution in [0.1, 0.15) is 10.4 Å². The van der Waals surface area contributed by atoms with E-state index in [1.807, 2.05) is 0 Å². The van der Waals surface area contributed by atoms with Crippen LogP contribution < -0.4 is 25.3 Å². The van der Waals surface area contributed by atoms with Crippen molar-refractivity contribution in [2.75, 3.05) is 25.0 Å². The molecule has 0 aliphatic carbocycles. The third-order valence-electron chi connectivity index (χ3n) is 3.12. The molecule has 108 valence electrons. The largest absolute Gasteiger partial charge is 0.494 e. The summed E-state index contributed by atoms with van der Waals surface area (Å²) in [6.45, 7) is 0.190. The molecule has 6 nitrogen and oxygen atoms in total. The molecule has 0 unspecified atom stereocenters. The maximum atomic E-state index is 12.3. The lowest BCUT2D eigenvalue weighted by Gasteiger charge is -2.11. The van der Waals surface area contributed by atoms with Crippen molar-refractivity contribution in [1.82, 2.24) is 0 Å². The highest BCUT2D eigenvalue weighted by atomic mass is 16.7. The predicted molar refractivity (Wildman–Crippen MR) is 77.9 cm³/mol. The Kier molecular flexibility index (Phi) is 3.27. The van der Waals surface area contributed by atoms with Gasteiger partial charge in [0.25, 0.3) is 5.91 Å². The lowest BCUT2D eigenvalue weighted by atomic mass is 10.1. The second kappa shape index (κ2) is 5.24. The summed E-state index contributed by atoms with van der Waals surface area (Å²) in [5.74, 6) is 1.32. The molecule has 0 saturated heterocycles. The summed E-state index contributed by atoms with van der Waals surface area (Å²) >= 11 is 0. The van der Waals surface area contributed by atoms with Crippen molar-refractivity contribution in [3.8, 4) is 17.2 Å². The van der Waals surface area contributed by atoms with Gasteiger partial charge in [-0.15, -0.1) is 0 Å². The number of fused-ring (bicyclic) bond motifs is 1. The Morgan fingerprint density at radius 2 is 2.05 bits per heavy atom. The average molecular weight is 286 g/mol. The van der Waals surface area contributed by atoms with Crippen molar-refractivity contribution < 1.29 is 19.0 Å². The molecule has 0 radical (unpaired) electrons. The van der Waals surface area contributed by atoms with Crippen molar-refractivity contribution >= 4 is 17.3 Å². The minimum Gasteiger partial charge on any atom is -0.494 e. The molecule has 0 saturated carbocycles. The maximum absolute atomic E-state index is 12.3. The molecule has 3 rings (SSSR count). The Bertz CT molecular complexity index is 700. The van der Waals surface area contributed by atoms with Crippen LogP contribution in [0.15, 0.2) is 36.4 Å². The fourth-order valence-corrected chi connectivity index (χ4v) is 2.13. The highest BCUT2D eigenvalue weighted by Gasteiger charge is 2.17. The van der Waals surface area contributed by atoms with Crippen molar-refractivity contribution in [3.63, 3.8) is 0 Å². The van der Waals surface area contributed by atoms with Gasteiger partial charge in [-0.1, -0.05) is 6.07 Å². The molecule has 2 aromatic rings. The van der Waals surface area contributed by atoms with Crippen molar-refractivity contribution in [1.29, 1.82) is 0 Å². The van der Waals surface area contributed by atoms with Crippen LogP contribution in [0.5, 0.6) is 17.2 Å². The zero-order valence-corrected chi connectivity index (χ0v) is 11.4. The smallest absolute Gasteiger partial charge is 0.259 e. The quantitative estimate of drug-likeness (QED) is 0.846. The first kappa shape index (κ1) is 13.1. The molecule has 21 heavy (non-hydrogen) atoms. The summed E-state index contributed by atoms with van der Waals surface area (Å²) in [4.78, 5) is 12.3. The molecule has 0 fully saturated rings. The number of benzene rings is 2. The zero-order chi connectivity index (χ0) is 14.8. The monoisotopic (exact) mass is 286 g/mol. The maximum Gasteiger partial charge on any atom is 0.259 e. The fourth-order valence-electron chi connectivity index (χ4n) is 2.13. The highest BCUT2D eigenvalue weighted by molar-refractivity contribution is 6.07. The van der Waals surface area contributed by atoms with E-state index in [1.165, 1.54) is 7.11 Å². The van der Waals surface area contributed by atoms with Gasteiger partial charge in [0.15, 0.2) is 17.2 Å². The molecule has 0 aromatic heterocycles. The van der Waals surface area contributed by atoms with Gasteiger partial charge in [-0.2, -0.15) is 0 Å². The van der Waals surface area contributed by atoms with E-state index in [0.29, 0.717) is 34.2 Å². The van der Waals surface area contributed by atoms with Crippen molar-refractivity contribution in [3.05, 3.63) is 42.0 Å². The lowest BCUT2D eigenvalue weighted by molar-refractivity contribution is 0.102. The van der Waals surface area contributed by atoms with E-state index in [-0.39, 0.29) is 12.7 Å². The predicted octanol–water partition coefficient (Wildman–Crippen LogP) is 2.26. The molecule has 3 N–H and O–H groups in total. The second-order valence-electron chi connectivity index (χ2n) is 4.45. The molecule has 1 aliphatic heterocycles. The van der Waals surface area contributed by atoms with E-state index in [1.54, 1.807) is 36.4 Å². The number of carbonyl (C=O) groups excluding carboxylic acids is 1. The van der Waals surface area contributed by atoms with E-state index in [2.05, 4.69) is 5.32 Å². The minimum absolute atomic E-state index is 0.190. The Hall–Kier alpha value is -2.89. The molecular formula is C15H14N2O4. The summed E-state index contributed by atoms with van der Waals surface area (Å²) in [7, 11) is 1.48. The van der Waals surface area contributed by atoms with Crippen LogP contribution in [0, 0.1) is 0 Å². The Morgan fingerprint density at radius 3 is 2.86 bits per heavy atom. The Labute approximate surface area is 121 Å². The van der Waals surface area contributed by atoms with Crippen LogP contribution in [0.2, 0.25) is 0 Å². The Morgan fingerprint density at radius 1 is 1.24 bits per heavy atom. The van der Waals surface area contributed by atoms with Gasteiger partial charge in [-0.05, 0) is 24.3 Å². The molecule has 0 spiro atoms. The summed E-state index contributed by atoms with van der Waals surface area (Å²) in [5, 5.41) is 2.78. The van der Waals surface area contributed by atoms with Gasteiger partial charge in [0.1, 0.15) is 0 Å². The number of para-hydroxylation sites is 1. The van der Waals surface area contributed by atoms with Crippen LogP contribution in [0.3, 0.4) is 0 Å². The second-order valence-corrected chi connectivity index (χ2v) is 4.45. The van der Waals surface area contributed by atoms with Gasteiger partial charge >= 0.3 is 0 Å². The topological polar surface area (TPSA) is 82.8 Å². The van der Waals surface area contributed by atoms with Crippen LogP contribution >= 0.6 is 0 Å². The molecule has 1 heterocycles. The van der Waals surface area contributed by atoms with Gasteiger partial charge in [0.05, 0.1) is 18.4 Å². The number of methoxy groups -OCH3 is 1. The van der Waals surface area contributed by atoms with E-state index in [4.69, 9.17) is 19.9 Å². The van der Waals surface area contributed by atoms with Crippen molar-refractivity contribution in [2.45, 2.75) is 0 Å². The number of ether oxygens (including phenoxy) is 3. The molecule has 2 aromatic carbocycles.